The van der Waals surface area contributed by atoms with Gasteiger partial charge in [0.05, 0.1) is 24.8 Å². The van der Waals surface area contributed by atoms with Crippen LogP contribution in [0.4, 0.5) is 0 Å². The molecule has 2 N–H and O–H groups in total. The number of likely N-dealkylation sites (tertiary alicyclic amines) is 1. The van der Waals surface area contributed by atoms with Gasteiger partial charge in [0.2, 0.25) is 11.8 Å². The predicted molar refractivity (Wildman–Crippen MR) is 84.7 cm³/mol. The average molecular weight is 324 g/mol. The number of aryl methyl sites for hydroxylation is 1. The first kappa shape index (κ1) is 16.8. The van der Waals surface area contributed by atoms with Gasteiger partial charge in [0.1, 0.15) is 0 Å². The highest BCUT2D eigenvalue weighted by molar-refractivity contribution is 4.97. The van der Waals surface area contributed by atoms with Gasteiger partial charge in [-0.2, -0.15) is 0 Å². The Morgan fingerprint density at radius 3 is 2.61 bits per heavy atom. The highest BCUT2D eigenvalue weighted by Crippen LogP contribution is 2.28. The highest BCUT2D eigenvalue weighted by Gasteiger charge is 2.40. The van der Waals surface area contributed by atoms with Crippen molar-refractivity contribution in [3.63, 3.8) is 0 Å². The topological polar surface area (TPSA) is 85.9 Å². The fourth-order valence-electron chi connectivity index (χ4n) is 3.98. The molecule has 2 fully saturated rings. The Bertz CT molecular complexity index is 509. The summed E-state index contributed by atoms with van der Waals surface area (Å²) in [5, 5.41) is 28.7. The van der Waals surface area contributed by atoms with E-state index >= 15 is 0 Å². The largest absolute Gasteiger partial charge is 0.424 e. The van der Waals surface area contributed by atoms with Crippen molar-refractivity contribution in [2.24, 2.45) is 0 Å². The van der Waals surface area contributed by atoms with E-state index in [0.717, 1.165) is 38.8 Å². The summed E-state index contributed by atoms with van der Waals surface area (Å²) in [6.07, 6.45) is 3.50. The van der Waals surface area contributed by atoms with Gasteiger partial charge < -0.3 is 14.6 Å². The van der Waals surface area contributed by atoms with Gasteiger partial charge >= 0.3 is 0 Å². The number of hydrogen-bond acceptors (Lipinski definition) is 7. The standard InChI is InChI=1S/C16H28N4O3/c1-3-19(10-16-18-17-11(2)23-16)13-8-20(9-15(13)22)12-6-4-5-7-14(12)21/h12-15,21-22H,3-10H2,1-2H3/t12?,13?,14?,15-/m1/s1. The molecule has 1 saturated carbocycles. The minimum Gasteiger partial charge on any atom is -0.424 e. The minimum atomic E-state index is -0.409. The number of aliphatic hydroxyl groups excluding tert-OH is 2. The lowest BCUT2D eigenvalue weighted by Gasteiger charge is -2.35. The van der Waals surface area contributed by atoms with E-state index in [0.29, 0.717) is 24.9 Å². The van der Waals surface area contributed by atoms with Gasteiger partial charge in [-0.05, 0) is 19.4 Å². The summed E-state index contributed by atoms with van der Waals surface area (Å²) in [6.45, 7) is 6.64. The second-order valence-electron chi connectivity index (χ2n) is 6.79. The van der Waals surface area contributed by atoms with Crippen LogP contribution in [-0.2, 0) is 6.54 Å². The summed E-state index contributed by atoms with van der Waals surface area (Å²) < 4.78 is 5.47. The van der Waals surface area contributed by atoms with Gasteiger partial charge in [-0.3, -0.25) is 9.80 Å². The molecule has 1 saturated heterocycles. The first-order chi connectivity index (χ1) is 11.1. The van der Waals surface area contributed by atoms with Gasteiger partial charge in [-0.15, -0.1) is 10.2 Å². The molecule has 7 heteroatoms. The molecule has 4 atom stereocenters. The van der Waals surface area contributed by atoms with Gasteiger partial charge in [0.15, 0.2) is 0 Å². The molecule has 2 heterocycles. The Morgan fingerprint density at radius 1 is 1.17 bits per heavy atom. The van der Waals surface area contributed by atoms with Crippen molar-refractivity contribution in [3.8, 4) is 0 Å². The van der Waals surface area contributed by atoms with Crippen LogP contribution in [0.5, 0.6) is 0 Å². The normalized spacial score (nSPS) is 32.7. The van der Waals surface area contributed by atoms with Gasteiger partial charge in [-0.1, -0.05) is 19.8 Å². The lowest BCUT2D eigenvalue weighted by Crippen LogP contribution is -2.46. The van der Waals surface area contributed by atoms with Crippen LogP contribution in [0.1, 0.15) is 44.4 Å². The number of aliphatic hydroxyl groups is 2. The van der Waals surface area contributed by atoms with Crippen LogP contribution in [0.15, 0.2) is 4.42 Å². The van der Waals surface area contributed by atoms with E-state index in [2.05, 4.69) is 26.9 Å². The SMILES string of the molecule is CCN(Cc1nnc(C)o1)C1CN(C2CCCCC2O)C[C@H]1O. The number of likely N-dealkylation sites (N-methyl/N-ethyl adjacent to an activating group) is 1. The fourth-order valence-corrected chi connectivity index (χ4v) is 3.98. The van der Waals surface area contributed by atoms with Gasteiger partial charge in [0.25, 0.3) is 0 Å². The summed E-state index contributed by atoms with van der Waals surface area (Å²) in [5.41, 5.74) is 0. The molecule has 1 aromatic heterocycles. The van der Waals surface area contributed by atoms with E-state index in [-0.39, 0.29) is 18.2 Å². The zero-order chi connectivity index (χ0) is 16.4. The lowest BCUT2D eigenvalue weighted by molar-refractivity contribution is 0.0249. The Morgan fingerprint density at radius 2 is 1.96 bits per heavy atom. The first-order valence-electron chi connectivity index (χ1n) is 8.71. The molecule has 23 heavy (non-hydrogen) atoms. The monoisotopic (exact) mass is 324 g/mol. The molecule has 0 bridgehead atoms. The van der Waals surface area contributed by atoms with E-state index in [1.165, 1.54) is 0 Å². The third kappa shape index (κ3) is 3.74. The number of aromatic nitrogens is 2. The van der Waals surface area contributed by atoms with Crippen LogP contribution in [-0.4, -0.2) is 74.1 Å². The second-order valence-corrected chi connectivity index (χ2v) is 6.79. The minimum absolute atomic E-state index is 0.0429. The Kier molecular flexibility index (Phi) is 5.31. The maximum Gasteiger partial charge on any atom is 0.230 e. The maximum atomic E-state index is 10.5. The molecule has 0 amide bonds. The molecule has 0 radical (unpaired) electrons. The maximum absolute atomic E-state index is 10.5. The van der Waals surface area contributed by atoms with Gasteiger partial charge in [0, 0.05) is 26.1 Å². The predicted octanol–water partition coefficient (Wildman–Crippen LogP) is 0.549. The van der Waals surface area contributed by atoms with Crippen LogP contribution < -0.4 is 0 Å². The smallest absolute Gasteiger partial charge is 0.230 e. The third-order valence-electron chi connectivity index (χ3n) is 5.23. The molecule has 1 aliphatic carbocycles. The van der Waals surface area contributed by atoms with Crippen LogP contribution >= 0.6 is 0 Å². The van der Waals surface area contributed by atoms with Crippen molar-refractivity contribution in [1.82, 2.24) is 20.0 Å². The summed E-state index contributed by atoms with van der Waals surface area (Å²) in [7, 11) is 0. The molecule has 130 valence electrons. The van der Waals surface area contributed by atoms with Crippen molar-refractivity contribution in [2.75, 3.05) is 19.6 Å². The van der Waals surface area contributed by atoms with Crippen molar-refractivity contribution < 1.29 is 14.6 Å². The molecule has 3 rings (SSSR count). The Hall–Kier alpha value is -1.02. The Balaban J connectivity index is 1.64. The molecule has 2 aliphatic rings. The van der Waals surface area contributed by atoms with Crippen molar-refractivity contribution in [3.05, 3.63) is 11.8 Å². The summed E-state index contributed by atoms with van der Waals surface area (Å²) in [5.74, 6) is 1.16. The van der Waals surface area contributed by atoms with Crippen LogP contribution in [0.25, 0.3) is 0 Å². The van der Waals surface area contributed by atoms with Gasteiger partial charge in [-0.25, -0.2) is 0 Å². The van der Waals surface area contributed by atoms with E-state index in [4.69, 9.17) is 4.42 Å². The van der Waals surface area contributed by atoms with Crippen LogP contribution in [0, 0.1) is 6.92 Å². The lowest BCUT2D eigenvalue weighted by atomic mass is 9.91. The fraction of sp³-hybridized carbons (Fsp3) is 0.875. The molecule has 1 aliphatic heterocycles. The van der Waals surface area contributed by atoms with Crippen molar-refractivity contribution in [1.29, 1.82) is 0 Å². The zero-order valence-corrected chi connectivity index (χ0v) is 14.1. The zero-order valence-electron chi connectivity index (χ0n) is 14.1. The molecular weight excluding hydrogens is 296 g/mol. The molecule has 0 aromatic carbocycles. The average Bonchev–Trinajstić information content (AvgIpc) is 3.11. The van der Waals surface area contributed by atoms with E-state index in [1.54, 1.807) is 6.92 Å². The molecule has 1 aromatic rings. The van der Waals surface area contributed by atoms with Crippen molar-refractivity contribution >= 4 is 0 Å². The van der Waals surface area contributed by atoms with Crippen molar-refractivity contribution in [2.45, 2.75) is 70.4 Å². The summed E-state index contributed by atoms with van der Waals surface area (Å²) in [4.78, 5) is 4.45. The molecule has 0 spiro atoms. The van der Waals surface area contributed by atoms with Crippen LogP contribution in [0.2, 0.25) is 0 Å². The first-order valence-corrected chi connectivity index (χ1v) is 8.71. The van der Waals surface area contributed by atoms with E-state index < -0.39 is 6.10 Å². The molecule has 7 nitrogen and oxygen atoms in total. The molecule has 3 unspecified atom stereocenters. The Labute approximate surface area is 137 Å². The number of nitrogens with zero attached hydrogens (tertiary/aromatic N) is 4. The highest BCUT2D eigenvalue weighted by atomic mass is 16.4. The third-order valence-corrected chi connectivity index (χ3v) is 5.23. The summed E-state index contributed by atoms with van der Waals surface area (Å²) >= 11 is 0. The van der Waals surface area contributed by atoms with E-state index in [1.807, 2.05) is 0 Å². The number of hydrogen-bond donors (Lipinski definition) is 2. The summed E-state index contributed by atoms with van der Waals surface area (Å²) in [6, 6.07) is 0.231. The number of β-amino-alcohol motifs (C(OH)–C–C–N with tert-alkyl or cyclic N) is 1. The molecular formula is C16H28N4O3. The van der Waals surface area contributed by atoms with Crippen LogP contribution in [0.3, 0.4) is 0 Å². The second kappa shape index (κ2) is 7.25. The van der Waals surface area contributed by atoms with E-state index in [9.17, 15) is 10.2 Å². The number of rotatable bonds is 5. The quantitative estimate of drug-likeness (QED) is 0.818.